The van der Waals surface area contributed by atoms with Crippen molar-refractivity contribution in [3.05, 3.63) is 54.0 Å². The number of hydrogen-bond donors (Lipinski definition) is 2. The van der Waals surface area contributed by atoms with E-state index in [0.29, 0.717) is 34.1 Å². The summed E-state index contributed by atoms with van der Waals surface area (Å²) in [7, 11) is -4.09. The van der Waals surface area contributed by atoms with Crippen LogP contribution < -0.4 is 15.2 Å². The molecule has 18 heteroatoms. The number of carbonyl (C=O) groups excluding carboxylic acids is 1. The van der Waals surface area contributed by atoms with Crippen molar-refractivity contribution in [1.82, 2.24) is 19.6 Å². The van der Waals surface area contributed by atoms with E-state index in [9.17, 15) is 39.6 Å². The highest BCUT2D eigenvalue weighted by atomic mass is 32.2. The number of rotatable bonds is 4. The van der Waals surface area contributed by atoms with Crippen LogP contribution in [0.3, 0.4) is 0 Å². The quantitative estimate of drug-likeness (QED) is 0.362. The molecule has 0 saturated carbocycles. The SMILES string of the molecule is NS(=O)(=O)c1cnc(NC(=O)Oc2cnn3c(C(F)(F)F)cc(-c4ccc(C(F)(F)F)cc4)nc23)s1. The number of halogens is 6. The Kier molecular flexibility index (Phi) is 6.13. The van der Waals surface area contributed by atoms with E-state index in [1.54, 1.807) is 0 Å². The van der Waals surface area contributed by atoms with Gasteiger partial charge in [-0.1, -0.05) is 23.5 Å². The Morgan fingerprint density at radius 1 is 1.06 bits per heavy atom. The Balaban J connectivity index is 1.69. The standard InChI is InChI=1S/C18H10F6N6O4S2/c19-17(20,21)9-3-1-8(2-4-9)10-5-12(18(22,23)24)30-14(28-10)11(6-27-30)34-16(31)29-15-26-7-13(35-15)36(25,32)33/h1-7H,(H2,25,32,33)(H,26,29,31). The number of fused-ring (bicyclic) bond motifs is 1. The number of ether oxygens (including phenoxy) is 1. The molecule has 0 unspecified atom stereocenters. The molecule has 3 N–H and O–H groups in total. The molecule has 0 aliphatic heterocycles. The first kappa shape index (κ1) is 25.3. The fourth-order valence-corrected chi connectivity index (χ4v) is 4.29. The summed E-state index contributed by atoms with van der Waals surface area (Å²) in [6.07, 6.45) is -9.24. The summed E-state index contributed by atoms with van der Waals surface area (Å²) >= 11 is 0.491. The van der Waals surface area contributed by atoms with E-state index in [2.05, 4.69) is 20.4 Å². The van der Waals surface area contributed by atoms with Crippen LogP contribution in [-0.4, -0.2) is 34.1 Å². The average molecular weight is 552 g/mol. The molecule has 0 bridgehead atoms. The number of carbonyl (C=O) groups is 1. The number of nitrogens with two attached hydrogens (primary N) is 1. The number of primary sulfonamides is 1. The van der Waals surface area contributed by atoms with Gasteiger partial charge >= 0.3 is 18.4 Å². The Hall–Kier alpha value is -3.77. The van der Waals surface area contributed by atoms with Crippen LogP contribution in [0.4, 0.5) is 36.3 Å². The maximum absolute atomic E-state index is 13.7. The van der Waals surface area contributed by atoms with E-state index < -0.39 is 51.1 Å². The molecule has 190 valence electrons. The Morgan fingerprint density at radius 3 is 2.28 bits per heavy atom. The van der Waals surface area contributed by atoms with Crippen molar-refractivity contribution in [3.63, 3.8) is 0 Å². The number of hydrogen-bond acceptors (Lipinski definition) is 8. The van der Waals surface area contributed by atoms with Crippen LogP contribution in [0.5, 0.6) is 5.75 Å². The third kappa shape index (κ3) is 5.24. The second-order valence-electron chi connectivity index (χ2n) is 6.89. The summed E-state index contributed by atoms with van der Waals surface area (Å²) in [4.78, 5) is 19.8. The largest absolute Gasteiger partial charge is 0.433 e. The summed E-state index contributed by atoms with van der Waals surface area (Å²) in [5, 5.41) is 10.3. The number of alkyl halides is 6. The van der Waals surface area contributed by atoms with Crippen molar-refractivity contribution in [2.45, 2.75) is 16.6 Å². The van der Waals surface area contributed by atoms with Gasteiger partial charge in [-0.3, -0.25) is 5.32 Å². The second kappa shape index (κ2) is 8.71. The van der Waals surface area contributed by atoms with Gasteiger partial charge < -0.3 is 4.74 Å². The van der Waals surface area contributed by atoms with Crippen LogP contribution in [0.15, 0.2) is 46.9 Å². The van der Waals surface area contributed by atoms with Crippen LogP contribution in [0.25, 0.3) is 16.9 Å². The Bertz CT molecular complexity index is 1560. The molecule has 0 radical (unpaired) electrons. The first-order chi connectivity index (χ1) is 16.6. The molecule has 0 saturated heterocycles. The van der Waals surface area contributed by atoms with Gasteiger partial charge in [0.05, 0.1) is 23.7 Å². The van der Waals surface area contributed by atoms with E-state index in [-0.39, 0.29) is 20.6 Å². The predicted molar refractivity (Wildman–Crippen MR) is 112 cm³/mol. The highest BCUT2D eigenvalue weighted by Crippen LogP contribution is 2.35. The molecule has 4 aromatic rings. The van der Waals surface area contributed by atoms with Crippen molar-refractivity contribution < 1.29 is 44.3 Å². The third-order valence-electron chi connectivity index (χ3n) is 4.41. The maximum atomic E-state index is 13.7. The highest BCUT2D eigenvalue weighted by Gasteiger charge is 2.36. The van der Waals surface area contributed by atoms with E-state index in [4.69, 9.17) is 9.88 Å². The molecule has 0 atom stereocenters. The van der Waals surface area contributed by atoms with Gasteiger partial charge in [0.1, 0.15) is 0 Å². The van der Waals surface area contributed by atoms with Gasteiger partial charge in [0.15, 0.2) is 26.4 Å². The fraction of sp³-hybridized carbons (Fsp3) is 0.111. The van der Waals surface area contributed by atoms with Crippen molar-refractivity contribution in [1.29, 1.82) is 0 Å². The number of nitrogens with one attached hydrogen (secondary N) is 1. The van der Waals surface area contributed by atoms with E-state index >= 15 is 0 Å². The molecule has 0 fully saturated rings. The number of aromatic nitrogens is 4. The molecule has 1 amide bonds. The minimum absolute atomic E-state index is 0.0779. The molecule has 36 heavy (non-hydrogen) atoms. The van der Waals surface area contributed by atoms with Crippen molar-refractivity contribution >= 4 is 38.2 Å². The van der Waals surface area contributed by atoms with Gasteiger partial charge in [-0.15, -0.1) is 0 Å². The zero-order valence-electron chi connectivity index (χ0n) is 17.1. The number of anilines is 1. The summed E-state index contributed by atoms with van der Waals surface area (Å²) in [6.45, 7) is 0. The Morgan fingerprint density at radius 2 is 1.72 bits per heavy atom. The fourth-order valence-electron chi connectivity index (χ4n) is 2.86. The van der Waals surface area contributed by atoms with Crippen molar-refractivity contribution in [2.75, 3.05) is 5.32 Å². The van der Waals surface area contributed by atoms with Crippen LogP contribution in [-0.2, 0) is 22.4 Å². The first-order valence-corrected chi connectivity index (χ1v) is 11.6. The minimum Gasteiger partial charge on any atom is -0.404 e. The van der Waals surface area contributed by atoms with Crippen molar-refractivity contribution in [2.24, 2.45) is 5.14 Å². The van der Waals surface area contributed by atoms with E-state index in [1.165, 1.54) is 0 Å². The minimum atomic E-state index is -4.96. The third-order valence-corrected chi connectivity index (χ3v) is 6.74. The number of nitrogens with zero attached hydrogens (tertiary/aromatic N) is 4. The zero-order valence-corrected chi connectivity index (χ0v) is 18.8. The average Bonchev–Trinajstić information content (AvgIpc) is 3.39. The summed E-state index contributed by atoms with van der Waals surface area (Å²) in [5.74, 6) is -0.532. The number of sulfonamides is 1. The molecule has 1 aromatic carbocycles. The molecule has 0 aliphatic carbocycles. The number of benzene rings is 1. The summed E-state index contributed by atoms with van der Waals surface area (Å²) in [6, 6.07) is 3.82. The number of thiazole rings is 1. The van der Waals surface area contributed by atoms with Crippen LogP contribution >= 0.6 is 11.3 Å². The highest BCUT2D eigenvalue weighted by molar-refractivity contribution is 7.91. The molecule has 4 rings (SSSR count). The van der Waals surface area contributed by atoms with Crippen molar-refractivity contribution in [3.8, 4) is 17.0 Å². The second-order valence-corrected chi connectivity index (χ2v) is 9.71. The topological polar surface area (TPSA) is 142 Å². The molecular weight excluding hydrogens is 542 g/mol. The lowest BCUT2D eigenvalue weighted by Gasteiger charge is -2.12. The van der Waals surface area contributed by atoms with E-state index in [0.717, 1.165) is 24.5 Å². The van der Waals surface area contributed by atoms with Gasteiger partial charge in [-0.05, 0) is 18.2 Å². The first-order valence-electron chi connectivity index (χ1n) is 9.24. The van der Waals surface area contributed by atoms with Gasteiger partial charge in [-0.25, -0.2) is 32.8 Å². The Labute approximate surface area is 200 Å². The van der Waals surface area contributed by atoms with Gasteiger partial charge in [-0.2, -0.15) is 31.4 Å². The molecular formula is C18H10F6N6O4S2. The number of amides is 1. The van der Waals surface area contributed by atoms with Gasteiger partial charge in [0.2, 0.25) is 10.0 Å². The van der Waals surface area contributed by atoms with Crippen LogP contribution in [0.2, 0.25) is 0 Å². The van der Waals surface area contributed by atoms with Gasteiger partial charge in [0, 0.05) is 5.56 Å². The van der Waals surface area contributed by atoms with Crippen LogP contribution in [0.1, 0.15) is 11.3 Å². The summed E-state index contributed by atoms with van der Waals surface area (Å²) in [5.41, 5.74) is -3.37. The van der Waals surface area contributed by atoms with Crippen LogP contribution in [0, 0.1) is 0 Å². The molecule has 10 nitrogen and oxygen atoms in total. The smallest absolute Gasteiger partial charge is 0.404 e. The zero-order chi connectivity index (χ0) is 26.5. The molecule has 0 aliphatic rings. The van der Waals surface area contributed by atoms with Gasteiger partial charge in [0.25, 0.3) is 0 Å². The normalized spacial score (nSPS) is 12.6. The lowest BCUT2D eigenvalue weighted by atomic mass is 10.1. The lowest BCUT2D eigenvalue weighted by molar-refractivity contribution is -0.142. The lowest BCUT2D eigenvalue weighted by Crippen LogP contribution is -2.17. The predicted octanol–water partition coefficient (Wildman–Crippen LogP) is 4.15. The molecule has 3 aromatic heterocycles. The monoisotopic (exact) mass is 552 g/mol. The molecule has 3 heterocycles. The van der Waals surface area contributed by atoms with E-state index in [1.807, 2.05) is 0 Å². The molecule has 0 spiro atoms. The maximum Gasteiger partial charge on any atom is 0.433 e. The summed E-state index contributed by atoms with van der Waals surface area (Å²) < 4.78 is 107.